The minimum absolute atomic E-state index is 0.0636. The molecule has 1 atom stereocenters. The average molecular weight is 186 g/mol. The van der Waals surface area contributed by atoms with Crippen LogP contribution in [0.25, 0.3) is 0 Å². The van der Waals surface area contributed by atoms with E-state index in [9.17, 15) is 9.59 Å². The maximum Gasteiger partial charge on any atom is 0.303 e. The summed E-state index contributed by atoms with van der Waals surface area (Å²) < 4.78 is 4.87. The second-order valence-corrected chi connectivity index (χ2v) is 3.20. The monoisotopic (exact) mass is 186 g/mol. The van der Waals surface area contributed by atoms with Gasteiger partial charge >= 0.3 is 5.97 Å². The molecule has 0 aliphatic heterocycles. The van der Waals surface area contributed by atoms with Crippen molar-refractivity contribution in [3.05, 3.63) is 0 Å². The fraction of sp³-hybridized carbons (Fsp3) is 0.800. The first-order valence-electron chi connectivity index (χ1n) is 4.75. The second-order valence-electron chi connectivity index (χ2n) is 3.20. The van der Waals surface area contributed by atoms with Crippen molar-refractivity contribution >= 4 is 11.8 Å². The minimum Gasteiger partial charge on any atom is -0.455 e. The van der Waals surface area contributed by atoms with Gasteiger partial charge in [-0.1, -0.05) is 19.8 Å². The maximum atomic E-state index is 11.0. The molecule has 0 aromatic heterocycles. The van der Waals surface area contributed by atoms with Crippen molar-refractivity contribution in [1.82, 2.24) is 0 Å². The van der Waals surface area contributed by atoms with Crippen LogP contribution in [0.1, 0.15) is 46.5 Å². The van der Waals surface area contributed by atoms with Crippen LogP contribution in [-0.2, 0) is 14.3 Å². The third-order valence-corrected chi connectivity index (χ3v) is 1.83. The van der Waals surface area contributed by atoms with Crippen molar-refractivity contribution in [3.8, 4) is 0 Å². The van der Waals surface area contributed by atoms with E-state index in [1.807, 2.05) is 0 Å². The number of hydrogen-bond donors (Lipinski definition) is 0. The van der Waals surface area contributed by atoms with Crippen LogP contribution >= 0.6 is 0 Å². The van der Waals surface area contributed by atoms with Gasteiger partial charge in [-0.25, -0.2) is 0 Å². The molecule has 0 saturated heterocycles. The summed E-state index contributed by atoms with van der Waals surface area (Å²) in [7, 11) is 0. The Bertz CT molecular complexity index is 175. The molecule has 0 aliphatic carbocycles. The predicted molar refractivity (Wildman–Crippen MR) is 50.4 cm³/mol. The molecule has 0 rings (SSSR count). The lowest BCUT2D eigenvalue weighted by Gasteiger charge is -2.12. The molecule has 0 amide bonds. The summed E-state index contributed by atoms with van der Waals surface area (Å²) in [6.07, 6.45) is 3.25. The van der Waals surface area contributed by atoms with Crippen LogP contribution in [0.5, 0.6) is 0 Å². The number of hydrogen-bond acceptors (Lipinski definition) is 3. The lowest BCUT2D eigenvalue weighted by atomic mass is 10.1. The molecule has 0 saturated carbocycles. The van der Waals surface area contributed by atoms with Crippen LogP contribution in [0, 0.1) is 0 Å². The van der Waals surface area contributed by atoms with Crippen molar-refractivity contribution in [2.75, 3.05) is 0 Å². The van der Waals surface area contributed by atoms with E-state index in [0.717, 1.165) is 19.3 Å². The quantitative estimate of drug-likeness (QED) is 0.471. The normalized spacial score (nSPS) is 12.2. The van der Waals surface area contributed by atoms with E-state index in [-0.39, 0.29) is 11.8 Å². The zero-order valence-electron chi connectivity index (χ0n) is 8.63. The SMILES string of the molecule is CCCCC[C@@H](OC(C)=O)C(C)=O. The van der Waals surface area contributed by atoms with Gasteiger partial charge < -0.3 is 4.74 Å². The van der Waals surface area contributed by atoms with Gasteiger partial charge in [-0.3, -0.25) is 9.59 Å². The molecule has 0 aromatic rings. The highest BCUT2D eigenvalue weighted by Crippen LogP contribution is 2.07. The minimum atomic E-state index is -0.524. The fourth-order valence-corrected chi connectivity index (χ4v) is 1.13. The van der Waals surface area contributed by atoms with Gasteiger partial charge in [-0.2, -0.15) is 0 Å². The van der Waals surface area contributed by atoms with E-state index in [0.29, 0.717) is 6.42 Å². The molecular weight excluding hydrogens is 168 g/mol. The van der Waals surface area contributed by atoms with Gasteiger partial charge in [0.2, 0.25) is 0 Å². The summed E-state index contributed by atoms with van der Waals surface area (Å²) in [5.41, 5.74) is 0. The van der Waals surface area contributed by atoms with Gasteiger partial charge in [0, 0.05) is 6.92 Å². The first kappa shape index (κ1) is 12.1. The highest BCUT2D eigenvalue weighted by Gasteiger charge is 2.16. The third-order valence-electron chi connectivity index (χ3n) is 1.83. The van der Waals surface area contributed by atoms with Crippen molar-refractivity contribution in [3.63, 3.8) is 0 Å². The molecule has 0 heterocycles. The first-order chi connectivity index (χ1) is 6.07. The number of unbranched alkanes of at least 4 members (excludes halogenated alkanes) is 2. The molecule has 0 bridgehead atoms. The van der Waals surface area contributed by atoms with Gasteiger partial charge in [-0.15, -0.1) is 0 Å². The van der Waals surface area contributed by atoms with Crippen LogP contribution in [-0.4, -0.2) is 17.9 Å². The molecule has 0 unspecified atom stereocenters. The molecule has 0 fully saturated rings. The number of carbonyl (C=O) groups excluding carboxylic acids is 2. The van der Waals surface area contributed by atoms with E-state index < -0.39 is 6.10 Å². The van der Waals surface area contributed by atoms with E-state index in [1.54, 1.807) is 0 Å². The second kappa shape index (κ2) is 6.63. The molecule has 76 valence electrons. The number of Topliss-reactive ketones (excluding diaryl/α,β-unsaturated/α-hetero) is 1. The largest absolute Gasteiger partial charge is 0.455 e. The van der Waals surface area contributed by atoms with Gasteiger partial charge in [-0.05, 0) is 19.8 Å². The predicted octanol–water partition coefficient (Wildman–Crippen LogP) is 2.09. The molecule has 0 N–H and O–H groups in total. The summed E-state index contributed by atoms with van der Waals surface area (Å²) in [6, 6.07) is 0. The highest BCUT2D eigenvalue weighted by atomic mass is 16.5. The van der Waals surface area contributed by atoms with Crippen LogP contribution in [0.4, 0.5) is 0 Å². The van der Waals surface area contributed by atoms with E-state index >= 15 is 0 Å². The number of carbonyl (C=O) groups is 2. The van der Waals surface area contributed by atoms with Crippen molar-refractivity contribution < 1.29 is 14.3 Å². The molecule has 3 nitrogen and oxygen atoms in total. The Labute approximate surface area is 79.5 Å². The molecule has 13 heavy (non-hydrogen) atoms. The standard InChI is InChI=1S/C10H18O3/c1-4-5-6-7-10(8(2)11)13-9(3)12/h10H,4-7H2,1-3H3/t10-/m1/s1. The van der Waals surface area contributed by atoms with Crippen molar-refractivity contribution in [2.45, 2.75) is 52.6 Å². The van der Waals surface area contributed by atoms with E-state index in [2.05, 4.69) is 6.92 Å². The number of esters is 1. The molecule has 3 heteroatoms. The number of ether oxygens (including phenoxy) is 1. The van der Waals surface area contributed by atoms with E-state index in [4.69, 9.17) is 4.74 Å². The van der Waals surface area contributed by atoms with Crippen LogP contribution in [0.2, 0.25) is 0 Å². The lowest BCUT2D eigenvalue weighted by molar-refractivity contribution is -0.152. The Morgan fingerprint density at radius 1 is 1.23 bits per heavy atom. The van der Waals surface area contributed by atoms with Crippen LogP contribution in [0.3, 0.4) is 0 Å². The zero-order chi connectivity index (χ0) is 10.3. The third kappa shape index (κ3) is 6.31. The Morgan fingerprint density at radius 3 is 2.23 bits per heavy atom. The summed E-state index contributed by atoms with van der Waals surface area (Å²) in [5, 5.41) is 0. The van der Waals surface area contributed by atoms with Gasteiger partial charge in [0.25, 0.3) is 0 Å². The highest BCUT2D eigenvalue weighted by molar-refractivity contribution is 5.82. The summed E-state index contributed by atoms with van der Waals surface area (Å²) >= 11 is 0. The first-order valence-corrected chi connectivity index (χ1v) is 4.75. The number of ketones is 1. The summed E-state index contributed by atoms with van der Waals surface area (Å²) in [6.45, 7) is 4.88. The average Bonchev–Trinajstić information content (AvgIpc) is 2.02. The summed E-state index contributed by atoms with van der Waals surface area (Å²) in [4.78, 5) is 21.6. The van der Waals surface area contributed by atoms with Crippen LogP contribution in [0.15, 0.2) is 0 Å². The van der Waals surface area contributed by atoms with Crippen molar-refractivity contribution in [1.29, 1.82) is 0 Å². The van der Waals surface area contributed by atoms with Gasteiger partial charge in [0.05, 0.1) is 0 Å². The van der Waals surface area contributed by atoms with Gasteiger partial charge in [0.15, 0.2) is 11.9 Å². The van der Waals surface area contributed by atoms with Crippen LogP contribution < -0.4 is 0 Å². The molecule has 0 aromatic carbocycles. The topological polar surface area (TPSA) is 43.4 Å². The summed E-state index contributed by atoms with van der Waals surface area (Å²) in [5.74, 6) is -0.442. The Morgan fingerprint density at radius 2 is 1.85 bits per heavy atom. The molecular formula is C10H18O3. The van der Waals surface area contributed by atoms with Crippen molar-refractivity contribution in [2.24, 2.45) is 0 Å². The maximum absolute atomic E-state index is 11.0. The zero-order valence-corrected chi connectivity index (χ0v) is 8.63. The molecule has 0 aliphatic rings. The molecule has 0 spiro atoms. The Hall–Kier alpha value is -0.860. The fourth-order valence-electron chi connectivity index (χ4n) is 1.13. The van der Waals surface area contributed by atoms with E-state index in [1.165, 1.54) is 13.8 Å². The lowest BCUT2D eigenvalue weighted by Crippen LogP contribution is -2.23. The molecule has 0 radical (unpaired) electrons. The Kier molecular flexibility index (Phi) is 6.20. The number of rotatable bonds is 6. The van der Waals surface area contributed by atoms with Gasteiger partial charge in [0.1, 0.15) is 0 Å². The smallest absolute Gasteiger partial charge is 0.303 e. The Balaban J connectivity index is 3.81.